The van der Waals surface area contributed by atoms with Crippen molar-refractivity contribution in [3.05, 3.63) is 0 Å². The first-order valence-electron chi connectivity index (χ1n) is 3.51. The van der Waals surface area contributed by atoms with Crippen LogP contribution in [0.1, 0.15) is 19.8 Å². The Kier molecular flexibility index (Phi) is 5.97. The molecule has 0 fully saturated rings. The SMILES string of the molecule is CCC(=O)CC=NCCN. The van der Waals surface area contributed by atoms with E-state index in [9.17, 15) is 4.79 Å². The highest BCUT2D eigenvalue weighted by Crippen LogP contribution is 1.84. The van der Waals surface area contributed by atoms with Crippen LogP contribution in [0.15, 0.2) is 4.99 Å². The van der Waals surface area contributed by atoms with Gasteiger partial charge in [-0.2, -0.15) is 0 Å². The number of aliphatic imine (C=N–C) groups is 1. The Labute approximate surface area is 61.3 Å². The minimum Gasteiger partial charge on any atom is -0.329 e. The Morgan fingerprint density at radius 1 is 1.70 bits per heavy atom. The highest BCUT2D eigenvalue weighted by molar-refractivity contribution is 5.91. The van der Waals surface area contributed by atoms with E-state index in [1.54, 1.807) is 6.21 Å². The first-order valence-corrected chi connectivity index (χ1v) is 3.51. The van der Waals surface area contributed by atoms with Crippen molar-refractivity contribution in [3.8, 4) is 0 Å². The molecule has 3 heteroatoms. The fourth-order valence-corrected chi connectivity index (χ4v) is 0.477. The molecule has 0 radical (unpaired) electrons. The number of hydrogen-bond acceptors (Lipinski definition) is 3. The smallest absolute Gasteiger partial charge is 0.137 e. The molecule has 0 aromatic carbocycles. The van der Waals surface area contributed by atoms with Crippen molar-refractivity contribution in [2.24, 2.45) is 10.7 Å². The highest BCUT2D eigenvalue weighted by Gasteiger charge is 1.91. The van der Waals surface area contributed by atoms with Gasteiger partial charge in [-0.25, -0.2) is 0 Å². The third kappa shape index (κ3) is 5.44. The maximum atomic E-state index is 10.7. The van der Waals surface area contributed by atoms with Crippen molar-refractivity contribution in [2.45, 2.75) is 19.8 Å². The summed E-state index contributed by atoms with van der Waals surface area (Å²) < 4.78 is 0. The van der Waals surface area contributed by atoms with Crippen LogP contribution in [0.2, 0.25) is 0 Å². The van der Waals surface area contributed by atoms with Gasteiger partial charge in [-0.3, -0.25) is 9.79 Å². The number of Topliss-reactive ketones (excluding diaryl/α,β-unsaturated/α-hetero) is 1. The molecule has 3 nitrogen and oxygen atoms in total. The zero-order valence-corrected chi connectivity index (χ0v) is 6.34. The molecule has 0 atom stereocenters. The van der Waals surface area contributed by atoms with E-state index in [1.807, 2.05) is 6.92 Å². The molecule has 0 saturated heterocycles. The van der Waals surface area contributed by atoms with Crippen molar-refractivity contribution in [3.63, 3.8) is 0 Å². The van der Waals surface area contributed by atoms with Crippen molar-refractivity contribution >= 4 is 12.0 Å². The van der Waals surface area contributed by atoms with Crippen molar-refractivity contribution in [2.75, 3.05) is 13.1 Å². The molecule has 2 N–H and O–H groups in total. The second kappa shape index (κ2) is 6.42. The van der Waals surface area contributed by atoms with Gasteiger partial charge in [0.2, 0.25) is 0 Å². The Morgan fingerprint density at radius 2 is 2.40 bits per heavy atom. The maximum absolute atomic E-state index is 10.7. The monoisotopic (exact) mass is 142 g/mol. The van der Waals surface area contributed by atoms with Gasteiger partial charge in [0.05, 0.1) is 6.54 Å². The van der Waals surface area contributed by atoms with Crippen LogP contribution in [0.4, 0.5) is 0 Å². The zero-order valence-electron chi connectivity index (χ0n) is 6.34. The summed E-state index contributed by atoms with van der Waals surface area (Å²) in [6.07, 6.45) is 2.68. The first-order chi connectivity index (χ1) is 4.81. The number of carbonyl (C=O) groups is 1. The van der Waals surface area contributed by atoms with E-state index in [0.29, 0.717) is 25.9 Å². The van der Waals surface area contributed by atoms with Gasteiger partial charge in [0, 0.05) is 25.6 Å². The van der Waals surface area contributed by atoms with E-state index >= 15 is 0 Å². The summed E-state index contributed by atoms with van der Waals surface area (Å²) in [4.78, 5) is 14.6. The number of carbonyl (C=O) groups excluding carboxylic acids is 1. The van der Waals surface area contributed by atoms with Crippen LogP contribution in [0, 0.1) is 0 Å². The van der Waals surface area contributed by atoms with E-state index in [0.717, 1.165) is 0 Å². The Bertz CT molecular complexity index is 121. The van der Waals surface area contributed by atoms with E-state index in [-0.39, 0.29) is 5.78 Å². The Balaban J connectivity index is 3.25. The molecule has 0 rings (SSSR count). The third-order valence-electron chi connectivity index (χ3n) is 1.10. The minimum atomic E-state index is 0.223. The summed E-state index contributed by atoms with van der Waals surface area (Å²) >= 11 is 0. The predicted molar refractivity (Wildman–Crippen MR) is 42.3 cm³/mol. The molecule has 0 spiro atoms. The highest BCUT2D eigenvalue weighted by atomic mass is 16.1. The van der Waals surface area contributed by atoms with Crippen LogP contribution in [0.5, 0.6) is 0 Å². The molecule has 0 bridgehead atoms. The fraction of sp³-hybridized carbons (Fsp3) is 0.714. The summed E-state index contributed by atoms with van der Waals surface area (Å²) in [5.41, 5.74) is 5.18. The van der Waals surface area contributed by atoms with E-state index in [1.165, 1.54) is 0 Å². The molecule has 0 aliphatic carbocycles. The Morgan fingerprint density at radius 3 is 2.90 bits per heavy atom. The van der Waals surface area contributed by atoms with Crippen molar-refractivity contribution in [1.82, 2.24) is 0 Å². The number of nitrogens with two attached hydrogens (primary N) is 1. The summed E-state index contributed by atoms with van der Waals surface area (Å²) in [6.45, 7) is 3.02. The summed E-state index contributed by atoms with van der Waals surface area (Å²) in [5, 5.41) is 0. The lowest BCUT2D eigenvalue weighted by atomic mass is 10.2. The van der Waals surface area contributed by atoms with Crippen molar-refractivity contribution in [1.29, 1.82) is 0 Å². The molecule has 0 aromatic rings. The average Bonchev–Trinajstić information content (AvgIpc) is 1.98. The second-order valence-electron chi connectivity index (χ2n) is 1.97. The lowest BCUT2D eigenvalue weighted by molar-refractivity contribution is -0.117. The van der Waals surface area contributed by atoms with Gasteiger partial charge in [-0.1, -0.05) is 6.92 Å². The lowest BCUT2D eigenvalue weighted by Crippen LogP contribution is -2.03. The van der Waals surface area contributed by atoms with Crippen LogP contribution >= 0.6 is 0 Å². The third-order valence-corrected chi connectivity index (χ3v) is 1.10. The quantitative estimate of drug-likeness (QED) is 0.564. The number of nitrogens with zero attached hydrogens (tertiary/aromatic N) is 1. The summed E-state index contributed by atoms with van der Waals surface area (Å²) in [5.74, 6) is 0.223. The minimum absolute atomic E-state index is 0.223. The van der Waals surface area contributed by atoms with Crippen LogP contribution in [-0.4, -0.2) is 25.1 Å². The van der Waals surface area contributed by atoms with Gasteiger partial charge in [-0.15, -0.1) is 0 Å². The van der Waals surface area contributed by atoms with Gasteiger partial charge in [0.15, 0.2) is 0 Å². The van der Waals surface area contributed by atoms with Gasteiger partial charge in [0.25, 0.3) is 0 Å². The van der Waals surface area contributed by atoms with Crippen LogP contribution in [-0.2, 0) is 4.79 Å². The summed E-state index contributed by atoms with van der Waals surface area (Å²) in [6, 6.07) is 0. The van der Waals surface area contributed by atoms with Crippen LogP contribution < -0.4 is 5.73 Å². The Hall–Kier alpha value is -0.700. The average molecular weight is 142 g/mol. The van der Waals surface area contributed by atoms with Gasteiger partial charge < -0.3 is 5.73 Å². The topological polar surface area (TPSA) is 55.5 Å². The number of rotatable bonds is 5. The second-order valence-corrected chi connectivity index (χ2v) is 1.97. The molecular weight excluding hydrogens is 128 g/mol. The number of hydrogen-bond donors (Lipinski definition) is 1. The van der Waals surface area contributed by atoms with E-state index in [4.69, 9.17) is 5.73 Å². The lowest BCUT2D eigenvalue weighted by Gasteiger charge is -1.88. The van der Waals surface area contributed by atoms with Crippen molar-refractivity contribution < 1.29 is 4.79 Å². The van der Waals surface area contributed by atoms with Gasteiger partial charge >= 0.3 is 0 Å². The maximum Gasteiger partial charge on any atom is 0.137 e. The molecule has 58 valence electrons. The van der Waals surface area contributed by atoms with Gasteiger partial charge in [-0.05, 0) is 0 Å². The van der Waals surface area contributed by atoms with Crippen LogP contribution in [0.3, 0.4) is 0 Å². The molecule has 0 aliphatic rings. The standard InChI is InChI=1S/C7H14N2O/c1-2-7(10)3-5-9-6-4-8/h5H,2-4,6,8H2,1H3. The molecular formula is C7H14N2O. The molecule has 0 saturated carbocycles. The number of ketones is 1. The van der Waals surface area contributed by atoms with E-state index < -0.39 is 0 Å². The van der Waals surface area contributed by atoms with Crippen LogP contribution in [0.25, 0.3) is 0 Å². The predicted octanol–water partition coefficient (Wildman–Crippen LogP) is 0.385. The molecule has 10 heavy (non-hydrogen) atoms. The molecule has 0 aromatic heterocycles. The largest absolute Gasteiger partial charge is 0.329 e. The molecule has 0 heterocycles. The summed E-state index contributed by atoms with van der Waals surface area (Å²) in [7, 11) is 0. The fourth-order valence-electron chi connectivity index (χ4n) is 0.477. The van der Waals surface area contributed by atoms with E-state index in [2.05, 4.69) is 4.99 Å². The first kappa shape index (κ1) is 9.30. The van der Waals surface area contributed by atoms with Gasteiger partial charge in [0.1, 0.15) is 5.78 Å². The molecule has 0 aliphatic heterocycles. The normalized spacial score (nSPS) is 10.6. The molecule has 0 amide bonds. The zero-order chi connectivity index (χ0) is 7.82. The molecule has 0 unspecified atom stereocenters.